The molecule has 0 N–H and O–H groups in total. The highest BCUT2D eigenvalue weighted by molar-refractivity contribution is 7.98. The maximum absolute atomic E-state index is 11.6. The van der Waals surface area contributed by atoms with Crippen molar-refractivity contribution in [1.82, 2.24) is 10.2 Å². The van der Waals surface area contributed by atoms with Gasteiger partial charge in [0.25, 0.3) is 5.22 Å². The van der Waals surface area contributed by atoms with E-state index in [-0.39, 0.29) is 5.76 Å². The number of hydrogen-bond donors (Lipinski definition) is 0. The van der Waals surface area contributed by atoms with E-state index >= 15 is 0 Å². The van der Waals surface area contributed by atoms with Gasteiger partial charge >= 0.3 is 5.97 Å². The lowest BCUT2D eigenvalue weighted by Gasteiger charge is -1.99. The van der Waals surface area contributed by atoms with Gasteiger partial charge in [0.2, 0.25) is 11.7 Å². The predicted molar refractivity (Wildman–Crippen MR) is 85.9 cm³/mol. The summed E-state index contributed by atoms with van der Waals surface area (Å²) in [4.78, 5) is 11.6. The molecule has 0 aliphatic rings. The minimum atomic E-state index is -0.514. The van der Waals surface area contributed by atoms with E-state index in [9.17, 15) is 4.79 Å². The minimum absolute atomic E-state index is 0.180. The van der Waals surface area contributed by atoms with Gasteiger partial charge in [-0.2, -0.15) is 0 Å². The molecule has 0 unspecified atom stereocenters. The van der Waals surface area contributed by atoms with Crippen LogP contribution in [0.4, 0.5) is 0 Å². The number of esters is 1. The smallest absolute Gasteiger partial charge is 0.374 e. The number of methoxy groups -OCH3 is 2. The second-order valence-electron chi connectivity index (χ2n) is 4.66. The lowest BCUT2D eigenvalue weighted by atomic mass is 10.2. The van der Waals surface area contributed by atoms with Crippen LogP contribution in [0.5, 0.6) is 5.75 Å². The quantitative estimate of drug-likeness (QED) is 0.495. The molecule has 0 aliphatic carbocycles. The molecule has 3 aromatic rings. The third-order valence-corrected chi connectivity index (χ3v) is 4.08. The second-order valence-corrected chi connectivity index (χ2v) is 5.58. The van der Waals surface area contributed by atoms with Crippen molar-refractivity contribution in [1.29, 1.82) is 0 Å². The van der Waals surface area contributed by atoms with Crippen molar-refractivity contribution in [3.63, 3.8) is 0 Å². The maximum Gasteiger partial charge on any atom is 0.374 e. The van der Waals surface area contributed by atoms with E-state index < -0.39 is 5.97 Å². The van der Waals surface area contributed by atoms with Crippen LogP contribution < -0.4 is 4.74 Å². The van der Waals surface area contributed by atoms with Crippen molar-refractivity contribution in [2.24, 2.45) is 0 Å². The number of ether oxygens (including phenoxy) is 2. The third kappa shape index (κ3) is 3.43. The first-order valence-electron chi connectivity index (χ1n) is 6.96. The van der Waals surface area contributed by atoms with Gasteiger partial charge in [0.1, 0.15) is 5.75 Å². The molecule has 124 valence electrons. The third-order valence-electron chi connectivity index (χ3n) is 3.21. The number of carbonyl (C=O) groups is 1. The first-order chi connectivity index (χ1) is 11.7. The van der Waals surface area contributed by atoms with Crippen molar-refractivity contribution >= 4 is 17.7 Å². The Kier molecular flexibility index (Phi) is 4.85. The van der Waals surface area contributed by atoms with Gasteiger partial charge < -0.3 is 18.3 Å². The number of furan rings is 1. The molecule has 0 saturated carbocycles. The van der Waals surface area contributed by atoms with E-state index in [1.54, 1.807) is 13.2 Å². The summed E-state index contributed by atoms with van der Waals surface area (Å²) in [6, 6.07) is 9.03. The molecule has 0 amide bonds. The van der Waals surface area contributed by atoms with E-state index in [1.165, 1.54) is 25.1 Å². The summed E-state index contributed by atoms with van der Waals surface area (Å²) >= 11 is 1.31. The van der Waals surface area contributed by atoms with Crippen molar-refractivity contribution in [3.8, 4) is 17.2 Å². The highest BCUT2D eigenvalue weighted by Crippen LogP contribution is 2.28. The first-order valence-corrected chi connectivity index (χ1v) is 7.95. The van der Waals surface area contributed by atoms with Crippen LogP contribution in [0.15, 0.2) is 50.7 Å². The van der Waals surface area contributed by atoms with Gasteiger partial charge in [-0.1, -0.05) is 11.8 Å². The summed E-state index contributed by atoms with van der Waals surface area (Å²) in [5, 5.41) is 8.42. The van der Waals surface area contributed by atoms with Crippen LogP contribution >= 0.6 is 11.8 Å². The van der Waals surface area contributed by atoms with Crippen molar-refractivity contribution in [3.05, 3.63) is 47.9 Å². The summed E-state index contributed by atoms with van der Waals surface area (Å²) in [7, 11) is 2.91. The lowest BCUT2D eigenvalue weighted by Crippen LogP contribution is -2.02. The standard InChI is InChI=1S/C16H14N2O5S/c1-20-12-5-3-10(4-6-12)14-17-18-16(23-14)24-9-11-7-8-22-13(11)15(19)21-2/h3-8H,9H2,1-2H3. The fourth-order valence-electron chi connectivity index (χ4n) is 1.98. The van der Waals surface area contributed by atoms with Gasteiger partial charge in [0.05, 0.1) is 20.5 Å². The molecule has 0 fully saturated rings. The van der Waals surface area contributed by atoms with Gasteiger partial charge in [-0.15, -0.1) is 10.2 Å². The molecular weight excluding hydrogens is 332 g/mol. The molecule has 2 heterocycles. The van der Waals surface area contributed by atoms with E-state index in [0.717, 1.165) is 11.3 Å². The van der Waals surface area contributed by atoms with Crippen LogP contribution in [-0.4, -0.2) is 30.4 Å². The SMILES string of the molecule is COC(=O)c1occc1CSc1nnc(-c2ccc(OC)cc2)o1. The van der Waals surface area contributed by atoms with Crippen LogP contribution in [0.1, 0.15) is 16.1 Å². The Morgan fingerprint density at radius 2 is 1.96 bits per heavy atom. The van der Waals surface area contributed by atoms with Gasteiger partial charge in [0.15, 0.2) is 0 Å². The Morgan fingerprint density at radius 3 is 2.67 bits per heavy atom. The summed E-state index contributed by atoms with van der Waals surface area (Å²) in [5.41, 5.74) is 1.50. The zero-order valence-corrected chi connectivity index (χ0v) is 13.8. The van der Waals surface area contributed by atoms with Crippen LogP contribution in [0.25, 0.3) is 11.5 Å². The molecule has 0 bridgehead atoms. The first kappa shape index (κ1) is 16.1. The molecule has 8 heteroatoms. The highest BCUT2D eigenvalue weighted by Gasteiger charge is 2.17. The number of nitrogens with zero attached hydrogens (tertiary/aromatic N) is 2. The van der Waals surface area contributed by atoms with Gasteiger partial charge in [0, 0.05) is 16.9 Å². The van der Waals surface area contributed by atoms with E-state index in [4.69, 9.17) is 13.6 Å². The summed E-state index contributed by atoms with van der Waals surface area (Å²) in [6.07, 6.45) is 1.44. The lowest BCUT2D eigenvalue weighted by molar-refractivity contribution is 0.0564. The summed E-state index contributed by atoms with van der Waals surface area (Å²) in [5.74, 6) is 1.29. The van der Waals surface area contributed by atoms with Gasteiger partial charge in [-0.25, -0.2) is 4.79 Å². The predicted octanol–water partition coefficient (Wildman–Crippen LogP) is 3.42. The molecule has 24 heavy (non-hydrogen) atoms. The number of hydrogen-bond acceptors (Lipinski definition) is 8. The number of carbonyl (C=O) groups excluding carboxylic acids is 1. The Hall–Kier alpha value is -2.74. The normalized spacial score (nSPS) is 10.6. The second kappa shape index (κ2) is 7.22. The Morgan fingerprint density at radius 1 is 1.17 bits per heavy atom. The molecule has 2 aromatic heterocycles. The number of aromatic nitrogens is 2. The fourth-order valence-corrected chi connectivity index (χ4v) is 2.72. The van der Waals surface area contributed by atoms with Crippen LogP contribution in [0.2, 0.25) is 0 Å². The minimum Gasteiger partial charge on any atom is -0.497 e. The number of rotatable bonds is 6. The van der Waals surface area contributed by atoms with E-state index in [1.807, 2.05) is 24.3 Å². The Balaban J connectivity index is 1.68. The zero-order valence-electron chi connectivity index (χ0n) is 13.0. The number of benzene rings is 1. The van der Waals surface area contributed by atoms with Crippen molar-refractivity contribution in [2.75, 3.05) is 14.2 Å². The highest BCUT2D eigenvalue weighted by atomic mass is 32.2. The largest absolute Gasteiger partial charge is 0.497 e. The summed E-state index contributed by atoms with van der Waals surface area (Å²) < 4.78 is 20.5. The molecule has 0 atom stereocenters. The molecule has 0 aliphatic heterocycles. The van der Waals surface area contributed by atoms with Crippen molar-refractivity contribution < 1.29 is 23.1 Å². The number of thioether (sulfide) groups is 1. The molecule has 0 saturated heterocycles. The zero-order chi connectivity index (χ0) is 16.9. The van der Waals surface area contributed by atoms with E-state index in [0.29, 0.717) is 22.4 Å². The molecule has 0 spiro atoms. The Labute approximate surface area is 142 Å². The monoisotopic (exact) mass is 346 g/mol. The average Bonchev–Trinajstić information content (AvgIpc) is 3.28. The topological polar surface area (TPSA) is 87.6 Å². The fraction of sp³-hybridized carbons (Fsp3) is 0.188. The van der Waals surface area contributed by atoms with Crippen LogP contribution in [0.3, 0.4) is 0 Å². The molecule has 3 rings (SSSR count). The van der Waals surface area contributed by atoms with Crippen LogP contribution in [0, 0.1) is 0 Å². The average molecular weight is 346 g/mol. The van der Waals surface area contributed by atoms with Crippen molar-refractivity contribution in [2.45, 2.75) is 11.0 Å². The Bertz CT molecular complexity index is 825. The van der Waals surface area contributed by atoms with Gasteiger partial charge in [-0.05, 0) is 30.3 Å². The maximum atomic E-state index is 11.6. The molecule has 0 radical (unpaired) electrons. The van der Waals surface area contributed by atoms with Crippen LogP contribution in [-0.2, 0) is 10.5 Å². The molecule has 7 nitrogen and oxygen atoms in total. The van der Waals surface area contributed by atoms with E-state index in [2.05, 4.69) is 14.9 Å². The molecule has 1 aromatic carbocycles. The molecular formula is C16H14N2O5S. The van der Waals surface area contributed by atoms with Gasteiger partial charge in [-0.3, -0.25) is 0 Å². The summed E-state index contributed by atoms with van der Waals surface area (Å²) in [6.45, 7) is 0.